The molecule has 1 aliphatic heterocycles. The quantitative estimate of drug-likeness (QED) is 0.175. The van der Waals surface area contributed by atoms with Gasteiger partial charge in [0.25, 0.3) is 5.91 Å². The van der Waals surface area contributed by atoms with Gasteiger partial charge in [0.1, 0.15) is 0 Å². The number of nitrogens with one attached hydrogen (secondary N) is 1. The van der Waals surface area contributed by atoms with Crippen LogP contribution in [0.3, 0.4) is 0 Å². The standard InChI is InChI=1S/C38H37ClN2O4/c1-3-45-38(44)36-26(2)41(35(42)24-33(36)32-19-10-11-20-34(32)39)25-27-13-12-18-30(23-27)37(43)40-22-21-31(28-14-6-4-7-15-28)29-16-8-5-9-17-29/h4-20,23,31,33H,3,21-22,24-25H2,1-2H3,(H,40,43). The molecule has 1 heterocycles. The van der Waals surface area contributed by atoms with Gasteiger partial charge in [-0.25, -0.2) is 4.79 Å². The van der Waals surface area contributed by atoms with Crippen LogP contribution in [0.5, 0.6) is 0 Å². The molecule has 4 aromatic rings. The topological polar surface area (TPSA) is 75.7 Å². The highest BCUT2D eigenvalue weighted by Gasteiger charge is 2.37. The molecule has 6 nitrogen and oxygen atoms in total. The first-order valence-corrected chi connectivity index (χ1v) is 15.6. The molecule has 0 aliphatic carbocycles. The minimum absolute atomic E-state index is 0.0827. The van der Waals surface area contributed by atoms with Crippen molar-refractivity contribution in [2.45, 2.75) is 45.1 Å². The third-order valence-corrected chi connectivity index (χ3v) is 8.60. The van der Waals surface area contributed by atoms with Gasteiger partial charge in [0.05, 0.1) is 18.7 Å². The molecule has 7 heteroatoms. The second-order valence-corrected chi connectivity index (χ2v) is 11.5. The molecule has 0 radical (unpaired) electrons. The average Bonchev–Trinajstić information content (AvgIpc) is 3.06. The number of carbonyl (C=O) groups is 3. The summed E-state index contributed by atoms with van der Waals surface area (Å²) in [6.07, 6.45) is 0.828. The summed E-state index contributed by atoms with van der Waals surface area (Å²) in [5.74, 6) is -1.13. The van der Waals surface area contributed by atoms with Crippen molar-refractivity contribution >= 4 is 29.4 Å². The lowest BCUT2D eigenvalue weighted by Gasteiger charge is -2.35. The first-order chi connectivity index (χ1) is 21.9. The number of ether oxygens (including phenoxy) is 1. The number of nitrogens with zero attached hydrogens (tertiary/aromatic N) is 1. The van der Waals surface area contributed by atoms with Crippen molar-refractivity contribution in [1.82, 2.24) is 10.2 Å². The Balaban J connectivity index is 1.31. The van der Waals surface area contributed by atoms with Gasteiger partial charge in [-0.15, -0.1) is 0 Å². The number of halogens is 1. The molecule has 0 saturated heterocycles. The van der Waals surface area contributed by atoms with Crippen LogP contribution in [0.4, 0.5) is 0 Å². The van der Waals surface area contributed by atoms with Crippen molar-refractivity contribution in [2.24, 2.45) is 0 Å². The first kappa shape index (κ1) is 31.7. The summed E-state index contributed by atoms with van der Waals surface area (Å²) in [7, 11) is 0. The third kappa shape index (κ3) is 7.52. The Morgan fingerprint density at radius 2 is 1.56 bits per heavy atom. The molecule has 0 fully saturated rings. The van der Waals surface area contributed by atoms with E-state index in [0.29, 0.717) is 28.4 Å². The van der Waals surface area contributed by atoms with Gasteiger partial charge < -0.3 is 15.0 Å². The van der Waals surface area contributed by atoms with Crippen molar-refractivity contribution in [3.8, 4) is 0 Å². The number of amides is 2. The van der Waals surface area contributed by atoms with Crippen LogP contribution in [0, 0.1) is 0 Å². The zero-order valence-electron chi connectivity index (χ0n) is 25.5. The Morgan fingerprint density at radius 3 is 2.20 bits per heavy atom. The molecular weight excluding hydrogens is 584 g/mol. The van der Waals surface area contributed by atoms with Crippen LogP contribution in [-0.2, 0) is 20.9 Å². The van der Waals surface area contributed by atoms with E-state index < -0.39 is 11.9 Å². The molecule has 0 bridgehead atoms. The predicted octanol–water partition coefficient (Wildman–Crippen LogP) is 7.65. The molecular formula is C38H37ClN2O4. The molecule has 1 N–H and O–H groups in total. The van der Waals surface area contributed by atoms with Crippen LogP contribution in [0.2, 0.25) is 5.02 Å². The molecule has 1 aliphatic rings. The monoisotopic (exact) mass is 620 g/mol. The average molecular weight is 621 g/mol. The van der Waals surface area contributed by atoms with Crippen LogP contribution >= 0.6 is 11.6 Å². The van der Waals surface area contributed by atoms with Crippen LogP contribution in [0.15, 0.2) is 120 Å². The second-order valence-electron chi connectivity index (χ2n) is 11.1. The lowest BCUT2D eigenvalue weighted by Crippen LogP contribution is -2.38. The van der Waals surface area contributed by atoms with Gasteiger partial charge in [-0.1, -0.05) is 103 Å². The molecule has 45 heavy (non-hydrogen) atoms. The molecule has 1 atom stereocenters. The van der Waals surface area contributed by atoms with E-state index in [1.807, 2.05) is 66.7 Å². The lowest BCUT2D eigenvalue weighted by molar-refractivity contribution is -0.140. The van der Waals surface area contributed by atoms with Crippen LogP contribution in [0.25, 0.3) is 0 Å². The molecule has 2 amide bonds. The fraction of sp³-hybridized carbons (Fsp3) is 0.237. The minimum atomic E-state index is -0.505. The number of esters is 1. The van der Waals surface area contributed by atoms with E-state index in [4.69, 9.17) is 16.3 Å². The summed E-state index contributed by atoms with van der Waals surface area (Å²) in [5.41, 5.74) is 5.36. The molecule has 230 valence electrons. The van der Waals surface area contributed by atoms with Crippen molar-refractivity contribution in [3.63, 3.8) is 0 Å². The maximum atomic E-state index is 13.5. The third-order valence-electron chi connectivity index (χ3n) is 8.25. The van der Waals surface area contributed by atoms with E-state index in [9.17, 15) is 14.4 Å². The Morgan fingerprint density at radius 1 is 0.911 bits per heavy atom. The second kappa shape index (κ2) is 14.9. The Kier molecular flexibility index (Phi) is 10.5. The van der Waals surface area contributed by atoms with Gasteiger partial charge in [-0.3, -0.25) is 9.59 Å². The summed E-state index contributed by atoms with van der Waals surface area (Å²) in [5, 5.41) is 3.58. The zero-order valence-corrected chi connectivity index (χ0v) is 26.3. The van der Waals surface area contributed by atoms with Gasteiger partial charge in [-0.2, -0.15) is 0 Å². The van der Waals surface area contributed by atoms with Gasteiger partial charge in [0.15, 0.2) is 0 Å². The molecule has 0 spiro atoms. The highest BCUT2D eigenvalue weighted by atomic mass is 35.5. The largest absolute Gasteiger partial charge is 0.463 e. The van der Waals surface area contributed by atoms with Gasteiger partial charge in [0.2, 0.25) is 5.91 Å². The zero-order chi connectivity index (χ0) is 31.8. The smallest absolute Gasteiger partial charge is 0.336 e. The highest BCUT2D eigenvalue weighted by Crippen LogP contribution is 2.40. The number of carbonyl (C=O) groups excluding carboxylic acids is 3. The maximum Gasteiger partial charge on any atom is 0.336 e. The van der Waals surface area contributed by atoms with Crippen LogP contribution < -0.4 is 5.32 Å². The van der Waals surface area contributed by atoms with E-state index in [0.717, 1.165) is 17.5 Å². The highest BCUT2D eigenvalue weighted by molar-refractivity contribution is 6.31. The maximum absolute atomic E-state index is 13.5. The van der Waals surface area contributed by atoms with Crippen LogP contribution in [0.1, 0.15) is 71.1 Å². The van der Waals surface area contributed by atoms with Crippen molar-refractivity contribution in [1.29, 1.82) is 0 Å². The van der Waals surface area contributed by atoms with E-state index >= 15 is 0 Å². The van der Waals surface area contributed by atoms with E-state index in [-0.39, 0.29) is 37.3 Å². The van der Waals surface area contributed by atoms with E-state index in [1.54, 1.807) is 36.9 Å². The predicted molar refractivity (Wildman–Crippen MR) is 177 cm³/mol. The SMILES string of the molecule is CCOC(=O)C1=C(C)N(Cc2cccc(C(=O)NCCC(c3ccccc3)c3ccccc3)c2)C(=O)CC1c1ccccc1Cl. The molecule has 0 aromatic heterocycles. The Hall–Kier alpha value is -4.68. The summed E-state index contributed by atoms with van der Waals surface area (Å²) in [4.78, 5) is 41.5. The van der Waals surface area contributed by atoms with Crippen LogP contribution in [-0.4, -0.2) is 35.8 Å². The summed E-state index contributed by atoms with van der Waals surface area (Å²) in [6, 6.07) is 35.1. The first-order valence-electron chi connectivity index (χ1n) is 15.3. The number of rotatable bonds is 11. The fourth-order valence-corrected chi connectivity index (χ4v) is 6.29. The lowest BCUT2D eigenvalue weighted by atomic mass is 9.83. The number of hydrogen-bond donors (Lipinski definition) is 1. The summed E-state index contributed by atoms with van der Waals surface area (Å²) < 4.78 is 5.41. The van der Waals surface area contributed by atoms with Crippen molar-refractivity contribution in [3.05, 3.63) is 153 Å². The van der Waals surface area contributed by atoms with Gasteiger partial charge in [0, 0.05) is 41.1 Å². The van der Waals surface area contributed by atoms with Crippen molar-refractivity contribution < 1.29 is 19.1 Å². The summed E-state index contributed by atoms with van der Waals surface area (Å²) in [6.45, 7) is 4.45. The number of benzene rings is 4. The van der Waals surface area contributed by atoms with Crippen molar-refractivity contribution in [2.75, 3.05) is 13.2 Å². The molecule has 5 rings (SSSR count). The molecule has 0 saturated carbocycles. The normalized spacial score (nSPS) is 14.9. The van der Waals surface area contributed by atoms with Gasteiger partial charge in [-0.05, 0) is 60.7 Å². The fourth-order valence-electron chi connectivity index (χ4n) is 6.02. The Bertz CT molecular complexity index is 1650. The van der Waals surface area contributed by atoms with E-state index in [2.05, 4.69) is 29.6 Å². The number of allylic oxidation sites excluding steroid dienone is 1. The molecule has 1 unspecified atom stereocenters. The Labute approximate surface area is 269 Å². The number of hydrogen-bond acceptors (Lipinski definition) is 4. The molecule has 4 aromatic carbocycles. The van der Waals surface area contributed by atoms with E-state index in [1.165, 1.54) is 11.1 Å². The minimum Gasteiger partial charge on any atom is -0.463 e. The van der Waals surface area contributed by atoms with Gasteiger partial charge >= 0.3 is 5.97 Å². The summed E-state index contributed by atoms with van der Waals surface area (Å²) >= 11 is 6.49.